The number of hydrogen-bond acceptors (Lipinski definition) is 5. The van der Waals surface area contributed by atoms with Gasteiger partial charge in [-0.2, -0.15) is 0 Å². The number of nitrogens with zero attached hydrogens (tertiary/aromatic N) is 2. The van der Waals surface area contributed by atoms with E-state index >= 15 is 0 Å². The van der Waals surface area contributed by atoms with Gasteiger partial charge in [0, 0.05) is 36.8 Å². The van der Waals surface area contributed by atoms with Gasteiger partial charge >= 0.3 is 0 Å². The molecule has 5 nitrogen and oxygen atoms in total. The van der Waals surface area contributed by atoms with Crippen molar-refractivity contribution in [1.82, 2.24) is 15.3 Å². The number of carbonyl (C=O) groups excluding carboxylic acids is 1. The van der Waals surface area contributed by atoms with Crippen LogP contribution in [0.5, 0.6) is 0 Å². The van der Waals surface area contributed by atoms with Crippen molar-refractivity contribution in [3.05, 3.63) is 39.4 Å². The van der Waals surface area contributed by atoms with E-state index in [4.69, 9.17) is 11.6 Å². The number of rotatable bonds is 6. The number of amides is 1. The first-order chi connectivity index (χ1) is 10.1. The second kappa shape index (κ2) is 7.38. The molecule has 0 bridgehead atoms. The van der Waals surface area contributed by atoms with E-state index in [2.05, 4.69) is 20.6 Å². The van der Waals surface area contributed by atoms with Gasteiger partial charge < -0.3 is 10.6 Å². The highest BCUT2D eigenvalue weighted by molar-refractivity contribution is 7.09. The quantitative estimate of drug-likeness (QED) is 0.856. The fraction of sp³-hybridized carbons (Fsp3) is 0.357. The van der Waals surface area contributed by atoms with Crippen molar-refractivity contribution in [3.8, 4) is 0 Å². The predicted octanol–water partition coefficient (Wildman–Crippen LogP) is 3.16. The predicted molar refractivity (Wildman–Crippen MR) is 86.3 cm³/mol. The average Bonchev–Trinajstić information content (AvgIpc) is 3.01. The van der Waals surface area contributed by atoms with Gasteiger partial charge in [0.25, 0.3) is 5.91 Å². The van der Waals surface area contributed by atoms with Crippen LogP contribution in [0.3, 0.4) is 0 Å². The molecule has 0 aromatic carbocycles. The molecular formula is C14H17ClN4OS. The fourth-order valence-corrected chi connectivity index (χ4v) is 2.70. The second-order valence-electron chi connectivity index (χ2n) is 4.57. The topological polar surface area (TPSA) is 66.9 Å². The van der Waals surface area contributed by atoms with E-state index in [1.54, 1.807) is 23.6 Å². The zero-order chi connectivity index (χ0) is 15.2. The van der Waals surface area contributed by atoms with Crippen LogP contribution in [0.25, 0.3) is 0 Å². The smallest absolute Gasteiger partial charge is 0.252 e. The SMILES string of the molecule is CCNc1ncc(C(=O)NCC(C)c2nccs2)cc1Cl. The van der Waals surface area contributed by atoms with E-state index in [-0.39, 0.29) is 11.8 Å². The van der Waals surface area contributed by atoms with Gasteiger partial charge in [0.05, 0.1) is 15.6 Å². The highest BCUT2D eigenvalue weighted by Gasteiger charge is 2.13. The number of thiazole rings is 1. The van der Waals surface area contributed by atoms with Crippen molar-refractivity contribution in [2.45, 2.75) is 19.8 Å². The maximum Gasteiger partial charge on any atom is 0.252 e. The molecule has 0 aliphatic carbocycles. The number of halogens is 1. The third kappa shape index (κ3) is 4.15. The van der Waals surface area contributed by atoms with Gasteiger partial charge in [0.15, 0.2) is 0 Å². The number of aromatic nitrogens is 2. The summed E-state index contributed by atoms with van der Waals surface area (Å²) < 4.78 is 0. The van der Waals surface area contributed by atoms with Gasteiger partial charge in [0.2, 0.25) is 0 Å². The lowest BCUT2D eigenvalue weighted by Gasteiger charge is -2.11. The Morgan fingerprint density at radius 2 is 2.29 bits per heavy atom. The van der Waals surface area contributed by atoms with Gasteiger partial charge in [-0.15, -0.1) is 11.3 Å². The summed E-state index contributed by atoms with van der Waals surface area (Å²) in [7, 11) is 0. The molecule has 2 N–H and O–H groups in total. The summed E-state index contributed by atoms with van der Waals surface area (Å²) in [6, 6.07) is 1.62. The van der Waals surface area contributed by atoms with Crippen LogP contribution in [0.1, 0.15) is 35.1 Å². The van der Waals surface area contributed by atoms with E-state index < -0.39 is 0 Å². The van der Waals surface area contributed by atoms with Crippen LogP contribution in [0.2, 0.25) is 5.02 Å². The normalized spacial score (nSPS) is 12.0. The minimum Gasteiger partial charge on any atom is -0.369 e. The van der Waals surface area contributed by atoms with E-state index in [1.807, 2.05) is 19.2 Å². The molecule has 0 fully saturated rings. The van der Waals surface area contributed by atoms with Gasteiger partial charge in [-0.3, -0.25) is 4.79 Å². The van der Waals surface area contributed by atoms with Crippen molar-refractivity contribution in [3.63, 3.8) is 0 Å². The van der Waals surface area contributed by atoms with Crippen LogP contribution in [0.4, 0.5) is 5.82 Å². The summed E-state index contributed by atoms with van der Waals surface area (Å²) in [5.41, 5.74) is 0.452. The Morgan fingerprint density at radius 3 is 2.90 bits per heavy atom. The van der Waals surface area contributed by atoms with Crippen LogP contribution in [0, 0.1) is 0 Å². The zero-order valence-electron chi connectivity index (χ0n) is 11.9. The molecule has 0 radical (unpaired) electrons. The van der Waals surface area contributed by atoms with Gasteiger partial charge in [-0.25, -0.2) is 9.97 Å². The summed E-state index contributed by atoms with van der Waals surface area (Å²) in [5, 5.41) is 9.28. The first kappa shape index (κ1) is 15.7. The number of pyridine rings is 1. The van der Waals surface area contributed by atoms with E-state index in [1.165, 1.54) is 6.20 Å². The minimum absolute atomic E-state index is 0.179. The fourth-order valence-electron chi connectivity index (χ4n) is 1.77. The molecule has 0 saturated heterocycles. The highest BCUT2D eigenvalue weighted by atomic mass is 35.5. The summed E-state index contributed by atoms with van der Waals surface area (Å²) in [5.74, 6) is 0.584. The van der Waals surface area contributed by atoms with Gasteiger partial charge in [0.1, 0.15) is 5.82 Å². The molecule has 1 unspecified atom stereocenters. The summed E-state index contributed by atoms with van der Waals surface area (Å²) in [4.78, 5) is 20.5. The standard InChI is InChI=1S/C14H17ClN4OS/c1-3-16-12-11(15)6-10(8-18-12)13(20)19-7-9(2)14-17-4-5-21-14/h4-6,8-9H,3,7H2,1-2H3,(H,16,18)(H,19,20). The lowest BCUT2D eigenvalue weighted by atomic mass is 10.2. The molecule has 1 atom stereocenters. The van der Waals surface area contributed by atoms with E-state index in [9.17, 15) is 4.79 Å². The molecule has 21 heavy (non-hydrogen) atoms. The molecule has 0 saturated carbocycles. The largest absolute Gasteiger partial charge is 0.369 e. The monoisotopic (exact) mass is 324 g/mol. The first-order valence-electron chi connectivity index (χ1n) is 6.68. The summed E-state index contributed by atoms with van der Waals surface area (Å²) in [6.45, 7) is 5.24. The average molecular weight is 325 g/mol. The molecule has 112 valence electrons. The molecule has 7 heteroatoms. The third-order valence-corrected chi connectivity index (χ3v) is 4.18. The molecule has 2 rings (SSSR count). The molecule has 1 amide bonds. The zero-order valence-corrected chi connectivity index (χ0v) is 13.5. The second-order valence-corrected chi connectivity index (χ2v) is 5.90. The Morgan fingerprint density at radius 1 is 1.48 bits per heavy atom. The molecule has 0 spiro atoms. The maximum absolute atomic E-state index is 12.1. The molecule has 0 aliphatic heterocycles. The Kier molecular flexibility index (Phi) is 5.52. The Hall–Kier alpha value is -1.66. The van der Waals surface area contributed by atoms with Gasteiger partial charge in [-0.1, -0.05) is 18.5 Å². The van der Waals surface area contributed by atoms with Crippen LogP contribution in [-0.2, 0) is 0 Å². The number of nitrogens with one attached hydrogen (secondary N) is 2. The molecule has 2 aromatic heterocycles. The van der Waals surface area contributed by atoms with Crippen molar-refractivity contribution in [2.75, 3.05) is 18.4 Å². The van der Waals surface area contributed by atoms with Gasteiger partial charge in [-0.05, 0) is 13.0 Å². The number of carbonyl (C=O) groups is 1. The molecule has 2 aromatic rings. The number of anilines is 1. The van der Waals surface area contributed by atoms with Crippen LogP contribution in [0.15, 0.2) is 23.8 Å². The van der Waals surface area contributed by atoms with Crippen molar-refractivity contribution < 1.29 is 4.79 Å². The lowest BCUT2D eigenvalue weighted by Crippen LogP contribution is -2.27. The van der Waals surface area contributed by atoms with Crippen molar-refractivity contribution in [2.24, 2.45) is 0 Å². The lowest BCUT2D eigenvalue weighted by molar-refractivity contribution is 0.0951. The Balaban J connectivity index is 1.95. The van der Waals surface area contributed by atoms with E-state index in [0.717, 1.165) is 11.6 Å². The Bertz CT molecular complexity index is 603. The highest BCUT2D eigenvalue weighted by Crippen LogP contribution is 2.20. The maximum atomic E-state index is 12.1. The van der Waals surface area contributed by atoms with Crippen molar-refractivity contribution >= 4 is 34.7 Å². The van der Waals surface area contributed by atoms with Crippen LogP contribution < -0.4 is 10.6 Å². The summed E-state index contributed by atoms with van der Waals surface area (Å²) in [6.07, 6.45) is 3.29. The van der Waals surface area contributed by atoms with E-state index in [0.29, 0.717) is 22.9 Å². The molecule has 2 heterocycles. The molecule has 0 aliphatic rings. The Labute approximate surface area is 132 Å². The first-order valence-corrected chi connectivity index (χ1v) is 7.94. The number of hydrogen-bond donors (Lipinski definition) is 2. The summed E-state index contributed by atoms with van der Waals surface area (Å²) >= 11 is 7.67. The van der Waals surface area contributed by atoms with Crippen LogP contribution >= 0.6 is 22.9 Å². The third-order valence-electron chi connectivity index (χ3n) is 2.89. The van der Waals surface area contributed by atoms with Crippen LogP contribution in [-0.4, -0.2) is 29.0 Å². The van der Waals surface area contributed by atoms with Crippen molar-refractivity contribution in [1.29, 1.82) is 0 Å². The minimum atomic E-state index is -0.184. The molecular weight excluding hydrogens is 308 g/mol.